The second kappa shape index (κ2) is 7.05. The largest absolute Gasteiger partial charge is 0.337 e. The van der Waals surface area contributed by atoms with E-state index in [-0.39, 0.29) is 30.6 Å². The van der Waals surface area contributed by atoms with Crippen LogP contribution in [0.2, 0.25) is 0 Å². The Hall–Kier alpha value is -2.69. The lowest BCUT2D eigenvalue weighted by Crippen LogP contribution is -2.28. The van der Waals surface area contributed by atoms with Crippen molar-refractivity contribution in [2.45, 2.75) is 26.8 Å². The Kier molecular flexibility index (Phi) is 4.83. The summed E-state index contributed by atoms with van der Waals surface area (Å²) in [5, 5.41) is 2.88. The second-order valence-corrected chi connectivity index (χ2v) is 6.56. The third kappa shape index (κ3) is 3.87. The fourth-order valence-electron chi connectivity index (χ4n) is 3.00. The number of carbonyl (C=O) groups excluding carboxylic acids is 2. The average molecular weight is 340 g/mol. The molecule has 1 saturated heterocycles. The van der Waals surface area contributed by atoms with Gasteiger partial charge in [-0.1, -0.05) is 24.3 Å². The topological polar surface area (TPSA) is 49.4 Å². The van der Waals surface area contributed by atoms with E-state index in [0.29, 0.717) is 12.1 Å². The highest BCUT2D eigenvalue weighted by Gasteiger charge is 2.34. The molecule has 130 valence electrons. The summed E-state index contributed by atoms with van der Waals surface area (Å²) >= 11 is 0. The summed E-state index contributed by atoms with van der Waals surface area (Å²) in [7, 11) is 0. The van der Waals surface area contributed by atoms with E-state index in [9.17, 15) is 14.0 Å². The van der Waals surface area contributed by atoms with Crippen molar-refractivity contribution in [3.05, 3.63) is 65.0 Å². The van der Waals surface area contributed by atoms with E-state index in [2.05, 4.69) is 5.32 Å². The number of nitrogens with one attached hydrogen (secondary N) is 1. The first-order valence-corrected chi connectivity index (χ1v) is 8.33. The number of aryl methyl sites for hydroxylation is 2. The molecule has 0 radical (unpaired) electrons. The molecule has 3 rings (SSSR count). The fourth-order valence-corrected chi connectivity index (χ4v) is 3.00. The van der Waals surface area contributed by atoms with E-state index in [0.717, 1.165) is 16.8 Å². The molecule has 0 unspecified atom stereocenters. The molecule has 2 amide bonds. The smallest absolute Gasteiger partial charge is 0.229 e. The molecule has 0 saturated carbocycles. The van der Waals surface area contributed by atoms with Crippen LogP contribution in [0.3, 0.4) is 0 Å². The highest BCUT2D eigenvalue weighted by molar-refractivity contribution is 5.97. The van der Waals surface area contributed by atoms with Gasteiger partial charge in [0.2, 0.25) is 11.8 Å². The van der Waals surface area contributed by atoms with Crippen LogP contribution in [0.4, 0.5) is 10.1 Å². The summed E-state index contributed by atoms with van der Waals surface area (Å²) in [4.78, 5) is 26.2. The van der Waals surface area contributed by atoms with Crippen LogP contribution < -0.4 is 5.32 Å². The van der Waals surface area contributed by atoms with E-state index >= 15 is 0 Å². The van der Waals surface area contributed by atoms with Crippen LogP contribution in [0, 0.1) is 25.6 Å². The van der Waals surface area contributed by atoms with Crippen LogP contribution in [0.25, 0.3) is 0 Å². The Morgan fingerprint density at radius 1 is 1.20 bits per heavy atom. The molecule has 25 heavy (non-hydrogen) atoms. The zero-order chi connectivity index (χ0) is 18.0. The molecule has 5 heteroatoms. The molecule has 2 aromatic carbocycles. The minimum Gasteiger partial charge on any atom is -0.337 e. The molecule has 1 N–H and O–H groups in total. The molecule has 0 bridgehead atoms. The van der Waals surface area contributed by atoms with Crippen molar-refractivity contribution in [2.24, 2.45) is 5.92 Å². The summed E-state index contributed by atoms with van der Waals surface area (Å²) in [6.07, 6.45) is 0.158. The SMILES string of the molecule is Cc1ccc(NC(=O)[C@H]2CC(=O)N(Cc3ccccc3F)C2)cc1C. The normalized spacial score (nSPS) is 17.0. The number of hydrogen-bond acceptors (Lipinski definition) is 2. The van der Waals surface area contributed by atoms with Crippen molar-refractivity contribution < 1.29 is 14.0 Å². The maximum absolute atomic E-state index is 13.8. The number of halogens is 1. The van der Waals surface area contributed by atoms with Crippen LogP contribution in [-0.2, 0) is 16.1 Å². The van der Waals surface area contributed by atoms with Crippen molar-refractivity contribution in [2.75, 3.05) is 11.9 Å². The summed E-state index contributed by atoms with van der Waals surface area (Å²) in [5.74, 6) is -1.05. The molecule has 0 spiro atoms. The Morgan fingerprint density at radius 2 is 1.96 bits per heavy atom. The molecule has 1 fully saturated rings. The first-order valence-electron chi connectivity index (χ1n) is 8.33. The first kappa shape index (κ1) is 17.1. The number of likely N-dealkylation sites (tertiary alicyclic amines) is 1. The van der Waals surface area contributed by atoms with Gasteiger partial charge in [0.15, 0.2) is 0 Å². The van der Waals surface area contributed by atoms with Crippen LogP contribution in [0.1, 0.15) is 23.1 Å². The molecular weight excluding hydrogens is 319 g/mol. The fraction of sp³-hybridized carbons (Fsp3) is 0.300. The molecule has 4 nitrogen and oxygen atoms in total. The number of nitrogens with zero attached hydrogens (tertiary/aromatic N) is 1. The molecule has 1 atom stereocenters. The van der Waals surface area contributed by atoms with Crippen molar-refractivity contribution in [3.63, 3.8) is 0 Å². The van der Waals surface area contributed by atoms with Gasteiger partial charge in [-0.3, -0.25) is 9.59 Å². The number of rotatable bonds is 4. The Bertz CT molecular complexity index is 819. The summed E-state index contributed by atoms with van der Waals surface area (Å²) < 4.78 is 13.8. The van der Waals surface area contributed by atoms with E-state index < -0.39 is 5.92 Å². The predicted octanol–water partition coefficient (Wildman–Crippen LogP) is 3.43. The highest BCUT2D eigenvalue weighted by atomic mass is 19.1. The van der Waals surface area contributed by atoms with Crippen LogP contribution in [-0.4, -0.2) is 23.3 Å². The summed E-state index contributed by atoms with van der Waals surface area (Å²) in [6, 6.07) is 12.1. The molecule has 1 aliphatic heterocycles. The molecular formula is C20H21FN2O2. The molecule has 0 aliphatic carbocycles. The summed E-state index contributed by atoms with van der Waals surface area (Å²) in [5.41, 5.74) is 3.45. The summed E-state index contributed by atoms with van der Waals surface area (Å²) in [6.45, 7) is 4.50. The molecule has 2 aromatic rings. The Morgan fingerprint density at radius 3 is 2.68 bits per heavy atom. The van der Waals surface area contributed by atoms with E-state index in [4.69, 9.17) is 0 Å². The number of anilines is 1. The maximum atomic E-state index is 13.8. The zero-order valence-electron chi connectivity index (χ0n) is 14.4. The van der Waals surface area contributed by atoms with E-state index in [1.54, 1.807) is 23.1 Å². The Balaban J connectivity index is 1.64. The number of carbonyl (C=O) groups is 2. The van der Waals surface area contributed by atoms with Crippen molar-refractivity contribution in [1.29, 1.82) is 0 Å². The van der Waals surface area contributed by atoms with Gasteiger partial charge < -0.3 is 10.2 Å². The standard InChI is InChI=1S/C20H21FN2O2/c1-13-7-8-17(9-14(13)2)22-20(25)16-10-19(24)23(12-16)11-15-5-3-4-6-18(15)21/h3-9,16H,10-12H2,1-2H3,(H,22,25)/t16-/m0/s1. The zero-order valence-corrected chi connectivity index (χ0v) is 14.4. The van der Waals surface area contributed by atoms with Crippen molar-refractivity contribution in [1.82, 2.24) is 4.90 Å². The lowest BCUT2D eigenvalue weighted by atomic mass is 10.1. The van der Waals surface area contributed by atoms with Gasteiger partial charge >= 0.3 is 0 Å². The second-order valence-electron chi connectivity index (χ2n) is 6.56. The molecule has 0 aromatic heterocycles. The monoisotopic (exact) mass is 340 g/mol. The minimum absolute atomic E-state index is 0.122. The lowest BCUT2D eigenvalue weighted by molar-refractivity contribution is -0.128. The van der Waals surface area contributed by atoms with Gasteiger partial charge in [-0.15, -0.1) is 0 Å². The maximum Gasteiger partial charge on any atom is 0.229 e. The number of benzene rings is 2. The number of hydrogen-bond donors (Lipinski definition) is 1. The van der Waals surface area contributed by atoms with Crippen LogP contribution >= 0.6 is 0 Å². The third-order valence-electron chi connectivity index (χ3n) is 4.68. The van der Waals surface area contributed by atoms with Gasteiger partial charge in [-0.25, -0.2) is 4.39 Å². The van der Waals surface area contributed by atoms with E-state index in [1.165, 1.54) is 6.07 Å². The van der Waals surface area contributed by atoms with Crippen LogP contribution in [0.5, 0.6) is 0 Å². The van der Waals surface area contributed by atoms with E-state index in [1.807, 2.05) is 32.0 Å². The minimum atomic E-state index is -0.416. The van der Waals surface area contributed by atoms with Crippen LogP contribution in [0.15, 0.2) is 42.5 Å². The quantitative estimate of drug-likeness (QED) is 0.927. The van der Waals surface area contributed by atoms with Gasteiger partial charge in [0.1, 0.15) is 5.82 Å². The Labute approximate surface area is 146 Å². The van der Waals surface area contributed by atoms with Gasteiger partial charge in [0, 0.05) is 30.8 Å². The van der Waals surface area contributed by atoms with Crippen molar-refractivity contribution >= 4 is 17.5 Å². The van der Waals surface area contributed by atoms with Gasteiger partial charge in [-0.2, -0.15) is 0 Å². The average Bonchev–Trinajstić information content (AvgIpc) is 2.94. The molecule has 1 heterocycles. The lowest BCUT2D eigenvalue weighted by Gasteiger charge is -2.17. The molecule has 1 aliphatic rings. The number of amides is 2. The van der Waals surface area contributed by atoms with Gasteiger partial charge in [0.25, 0.3) is 0 Å². The van der Waals surface area contributed by atoms with Gasteiger partial charge in [-0.05, 0) is 43.2 Å². The highest BCUT2D eigenvalue weighted by Crippen LogP contribution is 2.23. The third-order valence-corrected chi connectivity index (χ3v) is 4.68. The predicted molar refractivity (Wildman–Crippen MR) is 94.5 cm³/mol. The first-order chi connectivity index (χ1) is 11.9. The van der Waals surface area contributed by atoms with Gasteiger partial charge in [0.05, 0.1) is 5.92 Å². The van der Waals surface area contributed by atoms with Crippen molar-refractivity contribution in [3.8, 4) is 0 Å².